The number of anilines is 1. The summed E-state index contributed by atoms with van der Waals surface area (Å²) in [6.45, 7) is 2.13. The predicted molar refractivity (Wildman–Crippen MR) is 75.5 cm³/mol. The summed E-state index contributed by atoms with van der Waals surface area (Å²) in [4.78, 5) is 27.4. The standard InChI is InChI=1S/C12H12N4O3S/c1-7-5-14-10(20-7)6-15-12(17)8-3-2-4-9(13)11(8)16(18)19/h2-5H,6,13H2,1H3,(H,15,17). The average molecular weight is 292 g/mol. The Balaban J connectivity index is 2.17. The number of hydrogen-bond donors (Lipinski definition) is 2. The lowest BCUT2D eigenvalue weighted by Gasteiger charge is -2.05. The summed E-state index contributed by atoms with van der Waals surface area (Å²) in [5, 5.41) is 14.3. The van der Waals surface area contributed by atoms with Gasteiger partial charge in [0.2, 0.25) is 0 Å². The van der Waals surface area contributed by atoms with E-state index >= 15 is 0 Å². The first-order chi connectivity index (χ1) is 9.49. The first kappa shape index (κ1) is 13.9. The second-order valence-electron chi connectivity index (χ2n) is 4.05. The summed E-state index contributed by atoms with van der Waals surface area (Å²) in [5.41, 5.74) is 5.08. The van der Waals surface area contributed by atoms with Crippen LogP contribution in [0.3, 0.4) is 0 Å². The number of thiazole rings is 1. The SMILES string of the molecule is Cc1cnc(CNC(=O)c2cccc(N)c2[N+](=O)[O-])s1. The molecule has 0 fully saturated rings. The maximum Gasteiger partial charge on any atom is 0.304 e. The van der Waals surface area contributed by atoms with Gasteiger partial charge in [-0.15, -0.1) is 11.3 Å². The monoisotopic (exact) mass is 292 g/mol. The number of nitrogens with two attached hydrogens (primary N) is 1. The van der Waals surface area contributed by atoms with Crippen LogP contribution in [0.2, 0.25) is 0 Å². The molecule has 0 radical (unpaired) electrons. The van der Waals surface area contributed by atoms with Crippen molar-refractivity contribution in [2.24, 2.45) is 0 Å². The highest BCUT2D eigenvalue weighted by atomic mass is 32.1. The summed E-state index contributed by atoms with van der Waals surface area (Å²) in [5.74, 6) is -0.545. The van der Waals surface area contributed by atoms with E-state index in [-0.39, 0.29) is 23.5 Å². The normalized spacial score (nSPS) is 10.2. The minimum atomic E-state index is -0.655. The number of hydrogen-bond acceptors (Lipinski definition) is 6. The van der Waals surface area contributed by atoms with Gasteiger partial charge in [0.25, 0.3) is 5.91 Å². The molecule has 0 aliphatic carbocycles. The number of benzene rings is 1. The molecule has 3 N–H and O–H groups in total. The molecule has 0 aliphatic rings. The molecule has 0 saturated carbocycles. The van der Waals surface area contributed by atoms with Crippen molar-refractivity contribution in [1.82, 2.24) is 10.3 Å². The third kappa shape index (κ3) is 2.91. The summed E-state index contributed by atoms with van der Waals surface area (Å²) >= 11 is 1.45. The van der Waals surface area contributed by atoms with E-state index in [4.69, 9.17) is 5.73 Å². The third-order valence-electron chi connectivity index (χ3n) is 2.56. The maximum absolute atomic E-state index is 12.0. The molecule has 8 heteroatoms. The number of carbonyl (C=O) groups excluding carboxylic acids is 1. The zero-order valence-corrected chi connectivity index (χ0v) is 11.4. The lowest BCUT2D eigenvalue weighted by molar-refractivity contribution is -0.384. The van der Waals surface area contributed by atoms with E-state index < -0.39 is 10.8 Å². The zero-order chi connectivity index (χ0) is 14.7. The molecule has 0 saturated heterocycles. The topological polar surface area (TPSA) is 111 Å². The van der Waals surface area contributed by atoms with Crippen molar-refractivity contribution in [1.29, 1.82) is 0 Å². The molecule has 7 nitrogen and oxygen atoms in total. The van der Waals surface area contributed by atoms with Gasteiger partial charge in [0.1, 0.15) is 16.3 Å². The largest absolute Gasteiger partial charge is 0.393 e. The Kier molecular flexibility index (Phi) is 3.94. The number of aromatic nitrogens is 1. The number of carbonyl (C=O) groups is 1. The van der Waals surface area contributed by atoms with Gasteiger partial charge in [-0.2, -0.15) is 0 Å². The van der Waals surface area contributed by atoms with Crippen LogP contribution >= 0.6 is 11.3 Å². The number of nitrogens with zero attached hydrogens (tertiary/aromatic N) is 2. The van der Waals surface area contributed by atoms with Crippen molar-refractivity contribution >= 4 is 28.6 Å². The Labute approximate surface area is 118 Å². The van der Waals surface area contributed by atoms with Crippen molar-refractivity contribution in [3.8, 4) is 0 Å². The molecule has 0 unspecified atom stereocenters. The van der Waals surface area contributed by atoms with Crippen LogP contribution in [0.15, 0.2) is 24.4 Å². The van der Waals surface area contributed by atoms with E-state index in [1.165, 1.54) is 29.5 Å². The van der Waals surface area contributed by atoms with Crippen LogP contribution in [0.5, 0.6) is 0 Å². The summed E-state index contributed by atoms with van der Waals surface area (Å²) < 4.78 is 0. The molecule has 0 atom stereocenters. The molecule has 20 heavy (non-hydrogen) atoms. The minimum Gasteiger partial charge on any atom is -0.393 e. The van der Waals surface area contributed by atoms with Crippen LogP contribution < -0.4 is 11.1 Å². The predicted octanol–water partition coefficient (Wildman–Crippen LogP) is 1.87. The molecule has 1 amide bonds. The summed E-state index contributed by atoms with van der Waals surface area (Å²) in [6.07, 6.45) is 1.70. The zero-order valence-electron chi connectivity index (χ0n) is 10.6. The molecule has 1 heterocycles. The van der Waals surface area contributed by atoms with E-state index in [1.54, 1.807) is 6.20 Å². The second kappa shape index (κ2) is 5.66. The molecule has 0 bridgehead atoms. The van der Waals surface area contributed by atoms with Crippen molar-refractivity contribution in [2.45, 2.75) is 13.5 Å². The Hall–Kier alpha value is -2.48. The van der Waals surface area contributed by atoms with E-state index in [0.717, 1.165) is 9.88 Å². The lowest BCUT2D eigenvalue weighted by atomic mass is 10.1. The van der Waals surface area contributed by atoms with Gasteiger partial charge in [-0.3, -0.25) is 14.9 Å². The van der Waals surface area contributed by atoms with Gasteiger partial charge < -0.3 is 11.1 Å². The number of nitro benzene ring substituents is 1. The Bertz CT molecular complexity index is 668. The molecule has 2 rings (SSSR count). The average Bonchev–Trinajstić information content (AvgIpc) is 2.81. The molecule has 1 aromatic heterocycles. The van der Waals surface area contributed by atoms with Gasteiger partial charge in [0.15, 0.2) is 0 Å². The van der Waals surface area contributed by atoms with Crippen LogP contribution in [0, 0.1) is 17.0 Å². The van der Waals surface area contributed by atoms with Crippen LogP contribution in [-0.4, -0.2) is 15.8 Å². The number of nitrogen functional groups attached to an aromatic ring is 1. The maximum atomic E-state index is 12.0. The highest BCUT2D eigenvalue weighted by Crippen LogP contribution is 2.25. The number of nitrogens with one attached hydrogen (secondary N) is 1. The van der Waals surface area contributed by atoms with Gasteiger partial charge in [-0.25, -0.2) is 4.98 Å². The molecule has 0 aliphatic heterocycles. The fourth-order valence-corrected chi connectivity index (χ4v) is 2.41. The fraction of sp³-hybridized carbons (Fsp3) is 0.167. The van der Waals surface area contributed by atoms with Crippen molar-refractivity contribution < 1.29 is 9.72 Å². The fourth-order valence-electron chi connectivity index (χ4n) is 1.68. The van der Waals surface area contributed by atoms with E-state index in [1.807, 2.05) is 6.92 Å². The van der Waals surface area contributed by atoms with Gasteiger partial charge >= 0.3 is 5.69 Å². The molecule has 104 valence electrons. The number of para-hydroxylation sites is 1. The highest BCUT2D eigenvalue weighted by molar-refractivity contribution is 7.11. The number of nitro groups is 1. The van der Waals surface area contributed by atoms with Crippen LogP contribution in [0.25, 0.3) is 0 Å². The molecule has 1 aromatic carbocycles. The van der Waals surface area contributed by atoms with E-state index in [2.05, 4.69) is 10.3 Å². The van der Waals surface area contributed by atoms with Crippen LogP contribution in [0.1, 0.15) is 20.2 Å². The Morgan fingerprint density at radius 1 is 1.55 bits per heavy atom. The number of amides is 1. The van der Waals surface area contributed by atoms with Crippen LogP contribution in [-0.2, 0) is 6.54 Å². The Morgan fingerprint density at radius 3 is 2.90 bits per heavy atom. The molecular weight excluding hydrogens is 280 g/mol. The van der Waals surface area contributed by atoms with E-state index in [9.17, 15) is 14.9 Å². The van der Waals surface area contributed by atoms with Gasteiger partial charge in [0.05, 0.1) is 11.5 Å². The smallest absolute Gasteiger partial charge is 0.304 e. The molecular formula is C12H12N4O3S. The first-order valence-electron chi connectivity index (χ1n) is 5.71. The van der Waals surface area contributed by atoms with Crippen molar-refractivity contribution in [3.05, 3.63) is 50.0 Å². The van der Waals surface area contributed by atoms with Crippen LogP contribution in [0.4, 0.5) is 11.4 Å². The molecule has 2 aromatic rings. The van der Waals surface area contributed by atoms with Crippen molar-refractivity contribution in [3.63, 3.8) is 0 Å². The van der Waals surface area contributed by atoms with Gasteiger partial charge in [-0.1, -0.05) is 6.07 Å². The number of rotatable bonds is 4. The minimum absolute atomic E-state index is 0.0345. The van der Waals surface area contributed by atoms with Crippen molar-refractivity contribution in [2.75, 3.05) is 5.73 Å². The third-order valence-corrected chi connectivity index (χ3v) is 3.48. The Morgan fingerprint density at radius 2 is 2.30 bits per heavy atom. The first-order valence-corrected chi connectivity index (χ1v) is 6.53. The van der Waals surface area contributed by atoms with Gasteiger partial charge in [-0.05, 0) is 19.1 Å². The van der Waals surface area contributed by atoms with Gasteiger partial charge in [0, 0.05) is 11.1 Å². The highest BCUT2D eigenvalue weighted by Gasteiger charge is 2.22. The lowest BCUT2D eigenvalue weighted by Crippen LogP contribution is -2.23. The number of aryl methyl sites for hydroxylation is 1. The summed E-state index contributed by atoms with van der Waals surface area (Å²) in [6, 6.07) is 4.26. The second-order valence-corrected chi connectivity index (χ2v) is 5.37. The molecule has 0 spiro atoms. The quantitative estimate of drug-likeness (QED) is 0.507. The van der Waals surface area contributed by atoms with E-state index in [0.29, 0.717) is 0 Å². The summed E-state index contributed by atoms with van der Waals surface area (Å²) in [7, 11) is 0.